The molecule has 1 saturated carbocycles. The quantitative estimate of drug-likeness (QED) is 0.407. The van der Waals surface area contributed by atoms with E-state index >= 15 is 0 Å². The average Bonchev–Trinajstić information content (AvgIpc) is 3.20. The molecule has 1 aliphatic carbocycles. The number of hydrogen-bond donors (Lipinski definition) is 2. The zero-order chi connectivity index (χ0) is 24.1. The minimum absolute atomic E-state index is 0.0646. The molecule has 0 radical (unpaired) electrons. The van der Waals surface area contributed by atoms with Gasteiger partial charge < -0.3 is 19.9 Å². The van der Waals surface area contributed by atoms with Gasteiger partial charge >= 0.3 is 5.97 Å². The molecule has 2 aromatic heterocycles. The van der Waals surface area contributed by atoms with Gasteiger partial charge in [-0.05, 0) is 19.9 Å². The SMILES string of the molecule is CCOC(=O)c1sc(N2C[C@@H]3C(NC(=O)c4[nH]c(C)c(Cl)c4Cl)[C@@H]3C2)nc1-c1ccccc1Cl. The van der Waals surface area contributed by atoms with Crippen LogP contribution in [-0.2, 0) is 4.74 Å². The second-order valence-corrected chi connectivity index (χ2v) is 10.5. The first-order valence-corrected chi connectivity index (χ1v) is 12.8. The molecule has 3 aromatic rings. The summed E-state index contributed by atoms with van der Waals surface area (Å²) in [4.78, 5) is 35.6. The Kier molecular flexibility index (Phi) is 6.27. The number of aryl methyl sites for hydroxylation is 1. The van der Waals surface area contributed by atoms with Crippen LogP contribution in [-0.4, -0.2) is 47.6 Å². The highest BCUT2D eigenvalue weighted by molar-refractivity contribution is 7.18. The lowest BCUT2D eigenvalue weighted by Crippen LogP contribution is -2.34. The first kappa shape index (κ1) is 23.5. The van der Waals surface area contributed by atoms with Crippen LogP contribution in [0.15, 0.2) is 24.3 Å². The highest BCUT2D eigenvalue weighted by Gasteiger charge is 2.57. The van der Waals surface area contributed by atoms with E-state index in [1.54, 1.807) is 19.9 Å². The number of piperidine rings is 1. The Morgan fingerprint density at radius 1 is 1.21 bits per heavy atom. The number of ether oxygens (including phenoxy) is 1. The molecule has 11 heteroatoms. The monoisotopic (exact) mass is 538 g/mol. The predicted octanol–water partition coefficient (Wildman–Crippen LogP) is 5.45. The molecule has 5 rings (SSSR count). The van der Waals surface area contributed by atoms with E-state index in [2.05, 4.69) is 15.2 Å². The summed E-state index contributed by atoms with van der Waals surface area (Å²) in [7, 11) is 0. The first-order valence-electron chi connectivity index (χ1n) is 10.8. The molecule has 7 nitrogen and oxygen atoms in total. The second-order valence-electron chi connectivity index (χ2n) is 8.36. The van der Waals surface area contributed by atoms with Crippen LogP contribution < -0.4 is 10.2 Å². The summed E-state index contributed by atoms with van der Waals surface area (Å²) in [5.74, 6) is -0.0702. The molecule has 34 heavy (non-hydrogen) atoms. The van der Waals surface area contributed by atoms with Gasteiger partial charge in [-0.15, -0.1) is 0 Å². The Balaban J connectivity index is 1.31. The van der Waals surface area contributed by atoms with E-state index in [1.807, 2.05) is 18.2 Å². The fourth-order valence-corrected chi connectivity index (χ4v) is 6.10. The lowest BCUT2D eigenvalue weighted by Gasteiger charge is -2.19. The Bertz CT molecular complexity index is 1280. The van der Waals surface area contributed by atoms with Gasteiger partial charge in [-0.25, -0.2) is 9.78 Å². The van der Waals surface area contributed by atoms with Gasteiger partial charge in [-0.1, -0.05) is 64.3 Å². The number of fused-ring (bicyclic) bond motifs is 1. The summed E-state index contributed by atoms with van der Waals surface area (Å²) in [6.07, 6.45) is 0. The van der Waals surface area contributed by atoms with Gasteiger partial charge in [-0.2, -0.15) is 0 Å². The van der Waals surface area contributed by atoms with E-state index in [9.17, 15) is 9.59 Å². The predicted molar refractivity (Wildman–Crippen MR) is 135 cm³/mol. The summed E-state index contributed by atoms with van der Waals surface area (Å²) >= 11 is 20.0. The number of nitrogens with one attached hydrogen (secondary N) is 2. The van der Waals surface area contributed by atoms with Crippen molar-refractivity contribution in [1.82, 2.24) is 15.3 Å². The van der Waals surface area contributed by atoms with E-state index in [0.717, 1.165) is 18.2 Å². The number of anilines is 1. The summed E-state index contributed by atoms with van der Waals surface area (Å²) < 4.78 is 5.26. The van der Waals surface area contributed by atoms with Gasteiger partial charge in [0.1, 0.15) is 10.6 Å². The van der Waals surface area contributed by atoms with Gasteiger partial charge in [-0.3, -0.25) is 4.79 Å². The molecule has 2 aliphatic rings. The van der Waals surface area contributed by atoms with Crippen molar-refractivity contribution in [1.29, 1.82) is 0 Å². The van der Waals surface area contributed by atoms with Crippen LogP contribution >= 0.6 is 46.1 Å². The van der Waals surface area contributed by atoms with Gasteiger partial charge in [0.15, 0.2) is 5.13 Å². The molecular formula is C23H21Cl3N4O3S. The number of rotatable bonds is 6. The molecule has 0 spiro atoms. The molecule has 2 fully saturated rings. The summed E-state index contributed by atoms with van der Waals surface area (Å²) in [6, 6.07) is 7.37. The molecule has 0 bridgehead atoms. The lowest BCUT2D eigenvalue weighted by atomic mass is 10.1. The lowest BCUT2D eigenvalue weighted by molar-refractivity contribution is 0.0532. The van der Waals surface area contributed by atoms with E-state index in [4.69, 9.17) is 44.5 Å². The van der Waals surface area contributed by atoms with Gasteiger partial charge in [0.25, 0.3) is 5.91 Å². The molecule has 1 aromatic carbocycles. The van der Waals surface area contributed by atoms with Crippen LogP contribution in [0.2, 0.25) is 15.1 Å². The van der Waals surface area contributed by atoms with E-state index in [-0.39, 0.29) is 29.3 Å². The van der Waals surface area contributed by atoms with Crippen LogP contribution in [0.1, 0.15) is 32.8 Å². The van der Waals surface area contributed by atoms with E-state index in [1.165, 1.54) is 11.3 Å². The van der Waals surface area contributed by atoms with Crippen LogP contribution in [0.4, 0.5) is 5.13 Å². The Morgan fingerprint density at radius 3 is 2.53 bits per heavy atom. The molecule has 1 unspecified atom stereocenters. The number of aromatic amines is 1. The van der Waals surface area contributed by atoms with E-state index in [0.29, 0.717) is 43.7 Å². The van der Waals surface area contributed by atoms with Crippen molar-refractivity contribution in [2.75, 3.05) is 24.6 Å². The van der Waals surface area contributed by atoms with Crippen molar-refractivity contribution >= 4 is 63.1 Å². The highest BCUT2D eigenvalue weighted by atomic mass is 35.5. The molecule has 1 aliphatic heterocycles. The number of thiazole rings is 1. The topological polar surface area (TPSA) is 87.3 Å². The van der Waals surface area contributed by atoms with Crippen molar-refractivity contribution in [2.24, 2.45) is 11.8 Å². The number of amides is 1. The van der Waals surface area contributed by atoms with Crippen molar-refractivity contribution in [3.63, 3.8) is 0 Å². The molecule has 3 heterocycles. The molecule has 1 amide bonds. The molecule has 178 valence electrons. The summed E-state index contributed by atoms with van der Waals surface area (Å²) in [5, 5.41) is 4.93. The fourth-order valence-electron chi connectivity index (χ4n) is 4.46. The minimum Gasteiger partial charge on any atom is -0.462 e. The number of carbonyl (C=O) groups excluding carboxylic acids is 2. The number of halogens is 3. The third-order valence-corrected chi connectivity index (χ3v) is 8.62. The zero-order valence-electron chi connectivity index (χ0n) is 18.3. The summed E-state index contributed by atoms with van der Waals surface area (Å²) in [6.45, 7) is 5.27. The Morgan fingerprint density at radius 2 is 1.91 bits per heavy atom. The smallest absolute Gasteiger partial charge is 0.350 e. The number of carbonyl (C=O) groups is 2. The Labute approximate surface area is 215 Å². The van der Waals surface area contributed by atoms with Crippen LogP contribution in [0.5, 0.6) is 0 Å². The van der Waals surface area contributed by atoms with Crippen molar-refractivity contribution in [3.8, 4) is 11.3 Å². The average molecular weight is 540 g/mol. The standard InChI is InChI=1S/C23H21Cl3N4O3S/c1-3-33-22(32)20-18(11-6-4-5-7-14(11)24)29-23(34-20)30-8-12-13(9-30)17(12)28-21(31)19-16(26)15(25)10(2)27-19/h4-7,12-13,17,27H,3,8-9H2,1-2H3,(H,28,31)/t12-,13+,17?. The van der Waals surface area contributed by atoms with Crippen LogP contribution in [0.25, 0.3) is 11.3 Å². The molecular weight excluding hydrogens is 519 g/mol. The largest absolute Gasteiger partial charge is 0.462 e. The van der Waals surface area contributed by atoms with Crippen LogP contribution in [0.3, 0.4) is 0 Å². The fraction of sp³-hybridized carbons (Fsp3) is 0.348. The highest BCUT2D eigenvalue weighted by Crippen LogP contribution is 2.48. The molecule has 1 saturated heterocycles. The van der Waals surface area contributed by atoms with Crippen molar-refractivity contribution in [3.05, 3.63) is 55.6 Å². The number of H-pyrrole nitrogens is 1. The first-order chi connectivity index (χ1) is 16.3. The maximum absolute atomic E-state index is 12.7. The number of hydrogen-bond acceptors (Lipinski definition) is 6. The molecule has 2 N–H and O–H groups in total. The third-order valence-electron chi connectivity index (χ3n) is 6.25. The van der Waals surface area contributed by atoms with Crippen molar-refractivity contribution in [2.45, 2.75) is 19.9 Å². The number of nitrogens with zero attached hydrogens (tertiary/aromatic N) is 2. The Hall–Kier alpha value is -2.26. The van der Waals surface area contributed by atoms with E-state index < -0.39 is 5.97 Å². The molecule has 3 atom stereocenters. The van der Waals surface area contributed by atoms with Gasteiger partial charge in [0, 0.05) is 42.2 Å². The maximum Gasteiger partial charge on any atom is 0.350 e. The minimum atomic E-state index is -0.410. The van der Waals surface area contributed by atoms with Gasteiger partial charge in [0.2, 0.25) is 0 Å². The number of benzene rings is 1. The van der Waals surface area contributed by atoms with Crippen LogP contribution in [0, 0.1) is 18.8 Å². The number of aromatic nitrogens is 2. The zero-order valence-corrected chi connectivity index (χ0v) is 21.4. The van der Waals surface area contributed by atoms with Gasteiger partial charge in [0.05, 0.1) is 27.4 Å². The maximum atomic E-state index is 12.7. The second kappa shape index (κ2) is 9.07. The number of esters is 1. The van der Waals surface area contributed by atoms with Crippen molar-refractivity contribution < 1.29 is 14.3 Å². The third kappa shape index (κ3) is 4.06. The summed E-state index contributed by atoms with van der Waals surface area (Å²) in [5.41, 5.74) is 2.17. The normalized spacial score (nSPS) is 20.9.